The Morgan fingerprint density at radius 2 is 1.95 bits per heavy atom. The fourth-order valence-electron chi connectivity index (χ4n) is 2.54. The molecular weight excluding hydrogens is 287 g/mol. The van der Waals surface area contributed by atoms with Crippen LogP contribution >= 0.6 is 0 Å². The number of hydrogen-bond acceptors (Lipinski definition) is 4. The average Bonchev–Trinajstić information content (AvgIpc) is 2.40. The summed E-state index contributed by atoms with van der Waals surface area (Å²) in [4.78, 5) is 11.6. The van der Waals surface area contributed by atoms with Crippen molar-refractivity contribution >= 4 is 5.69 Å². The summed E-state index contributed by atoms with van der Waals surface area (Å²) in [5, 5.41) is 13.9. The number of piperazine rings is 1. The number of nitro benzene ring substituents is 1. The van der Waals surface area contributed by atoms with E-state index < -0.39 is 17.1 Å². The maximum Gasteiger partial charge on any atom is 0.408 e. The van der Waals surface area contributed by atoms with Gasteiger partial charge in [0.05, 0.1) is 4.92 Å². The molecule has 1 aromatic carbocycles. The Bertz CT molecular complexity index is 528. The molecule has 0 unspecified atom stereocenters. The second-order valence-corrected chi connectivity index (χ2v) is 5.03. The number of rotatable bonds is 3. The Morgan fingerprint density at radius 1 is 1.33 bits per heavy atom. The Hall–Kier alpha value is -1.67. The first kappa shape index (κ1) is 15.7. The van der Waals surface area contributed by atoms with E-state index in [0.717, 1.165) is 6.07 Å². The fraction of sp³-hybridized carbons (Fsp3) is 0.538. The van der Waals surface area contributed by atoms with Crippen LogP contribution in [-0.2, 0) is 0 Å². The summed E-state index contributed by atoms with van der Waals surface area (Å²) in [6.45, 7) is 2.97. The highest BCUT2D eigenvalue weighted by Gasteiger charge is 2.45. The van der Waals surface area contributed by atoms with Crippen LogP contribution in [-0.4, -0.2) is 42.2 Å². The number of alkyl halides is 3. The lowest BCUT2D eigenvalue weighted by Crippen LogP contribution is -2.49. The van der Waals surface area contributed by atoms with Crippen LogP contribution in [0.25, 0.3) is 0 Å². The molecule has 0 saturated carbocycles. The minimum atomic E-state index is -4.47. The summed E-state index contributed by atoms with van der Waals surface area (Å²) in [6.07, 6.45) is -4.47. The van der Waals surface area contributed by atoms with Gasteiger partial charge in [0, 0.05) is 37.8 Å². The van der Waals surface area contributed by atoms with Crippen LogP contribution in [0.1, 0.15) is 17.2 Å². The quantitative estimate of drug-likeness (QED) is 0.688. The van der Waals surface area contributed by atoms with E-state index in [4.69, 9.17) is 0 Å². The number of halogens is 3. The monoisotopic (exact) mass is 303 g/mol. The predicted octanol–water partition coefficient (Wildman–Crippen LogP) is 2.41. The lowest BCUT2D eigenvalue weighted by atomic mass is 10.0. The third-order valence-electron chi connectivity index (χ3n) is 3.57. The van der Waals surface area contributed by atoms with E-state index in [0.29, 0.717) is 18.7 Å². The zero-order chi connectivity index (χ0) is 15.6. The molecule has 116 valence electrons. The Kier molecular flexibility index (Phi) is 4.48. The molecule has 1 aromatic rings. The molecule has 0 spiro atoms. The summed E-state index contributed by atoms with van der Waals surface area (Å²) >= 11 is 0. The molecule has 0 radical (unpaired) electrons. The second kappa shape index (κ2) is 5.98. The molecule has 0 aliphatic carbocycles. The van der Waals surface area contributed by atoms with Gasteiger partial charge >= 0.3 is 6.18 Å². The lowest BCUT2D eigenvalue weighted by Gasteiger charge is -2.36. The molecule has 1 saturated heterocycles. The van der Waals surface area contributed by atoms with Gasteiger partial charge in [0.1, 0.15) is 6.04 Å². The Balaban J connectivity index is 2.41. The van der Waals surface area contributed by atoms with Crippen molar-refractivity contribution in [1.29, 1.82) is 0 Å². The van der Waals surface area contributed by atoms with Gasteiger partial charge in [-0.15, -0.1) is 0 Å². The van der Waals surface area contributed by atoms with Gasteiger partial charge in [-0.05, 0) is 12.5 Å². The van der Waals surface area contributed by atoms with Gasteiger partial charge in [0.15, 0.2) is 0 Å². The number of nitrogens with zero attached hydrogens (tertiary/aromatic N) is 2. The summed E-state index contributed by atoms with van der Waals surface area (Å²) in [7, 11) is 0. The van der Waals surface area contributed by atoms with Crippen molar-refractivity contribution in [2.75, 3.05) is 26.2 Å². The van der Waals surface area contributed by atoms with Crippen LogP contribution in [0.15, 0.2) is 18.2 Å². The van der Waals surface area contributed by atoms with Crippen LogP contribution in [0.2, 0.25) is 0 Å². The third-order valence-corrected chi connectivity index (χ3v) is 3.57. The van der Waals surface area contributed by atoms with Crippen molar-refractivity contribution in [3.63, 3.8) is 0 Å². The van der Waals surface area contributed by atoms with Crippen LogP contribution < -0.4 is 5.32 Å². The molecule has 1 atom stereocenters. The summed E-state index contributed by atoms with van der Waals surface area (Å²) in [5.74, 6) is 0. The smallest absolute Gasteiger partial charge is 0.314 e. The van der Waals surface area contributed by atoms with E-state index in [-0.39, 0.29) is 24.3 Å². The third kappa shape index (κ3) is 3.51. The molecule has 0 aromatic heterocycles. The van der Waals surface area contributed by atoms with Gasteiger partial charge in [-0.2, -0.15) is 13.2 Å². The van der Waals surface area contributed by atoms with Crippen molar-refractivity contribution in [2.24, 2.45) is 0 Å². The van der Waals surface area contributed by atoms with Gasteiger partial charge < -0.3 is 5.32 Å². The first-order chi connectivity index (χ1) is 9.80. The standard InChI is InChI=1S/C13H16F3N3O2/c1-9-2-3-10(8-11(9)19(20)21)12(13(14,15)16)18-6-4-17-5-7-18/h2-3,8,12,17H,4-7H2,1H3/t12-/m0/s1. The minimum absolute atomic E-state index is 0.0818. The number of nitrogens with one attached hydrogen (secondary N) is 1. The van der Waals surface area contributed by atoms with Crippen molar-refractivity contribution in [3.8, 4) is 0 Å². The van der Waals surface area contributed by atoms with Gasteiger partial charge in [-0.1, -0.05) is 12.1 Å². The molecule has 21 heavy (non-hydrogen) atoms. The van der Waals surface area contributed by atoms with E-state index in [9.17, 15) is 23.3 Å². The number of aryl methyl sites for hydroxylation is 1. The van der Waals surface area contributed by atoms with Crippen LogP contribution in [0.5, 0.6) is 0 Å². The number of nitro groups is 1. The average molecular weight is 303 g/mol. The zero-order valence-corrected chi connectivity index (χ0v) is 11.5. The van der Waals surface area contributed by atoms with E-state index >= 15 is 0 Å². The molecule has 2 rings (SSSR count). The maximum atomic E-state index is 13.4. The summed E-state index contributed by atoms with van der Waals surface area (Å²) in [6, 6.07) is 1.92. The van der Waals surface area contributed by atoms with Crippen LogP contribution in [0.4, 0.5) is 18.9 Å². The first-order valence-corrected chi connectivity index (χ1v) is 6.57. The van der Waals surface area contributed by atoms with Crippen LogP contribution in [0, 0.1) is 17.0 Å². The van der Waals surface area contributed by atoms with E-state index in [1.807, 2.05) is 0 Å². The molecule has 0 bridgehead atoms. The van der Waals surface area contributed by atoms with E-state index in [2.05, 4.69) is 5.32 Å². The summed E-state index contributed by atoms with van der Waals surface area (Å²) < 4.78 is 40.2. The van der Waals surface area contributed by atoms with Crippen molar-refractivity contribution in [1.82, 2.24) is 10.2 Å². The first-order valence-electron chi connectivity index (χ1n) is 6.57. The Labute approximate surface area is 119 Å². The fourth-order valence-corrected chi connectivity index (χ4v) is 2.54. The van der Waals surface area contributed by atoms with E-state index in [1.54, 1.807) is 0 Å². The summed E-state index contributed by atoms with van der Waals surface area (Å²) in [5.41, 5.74) is -0.0106. The van der Waals surface area contributed by atoms with Gasteiger partial charge in [0.25, 0.3) is 5.69 Å². The molecule has 8 heteroatoms. The molecule has 1 heterocycles. The predicted molar refractivity (Wildman–Crippen MR) is 71.1 cm³/mol. The highest BCUT2D eigenvalue weighted by molar-refractivity contribution is 5.43. The van der Waals surface area contributed by atoms with Gasteiger partial charge in [0.2, 0.25) is 0 Å². The molecule has 0 amide bonds. The van der Waals surface area contributed by atoms with Crippen LogP contribution in [0.3, 0.4) is 0 Å². The topological polar surface area (TPSA) is 58.4 Å². The lowest BCUT2D eigenvalue weighted by molar-refractivity contribution is -0.385. The van der Waals surface area contributed by atoms with Crippen molar-refractivity contribution < 1.29 is 18.1 Å². The van der Waals surface area contributed by atoms with Gasteiger partial charge in [-0.3, -0.25) is 15.0 Å². The molecule has 1 fully saturated rings. The molecule has 1 aliphatic rings. The largest absolute Gasteiger partial charge is 0.408 e. The normalized spacial score (nSPS) is 18.5. The maximum absolute atomic E-state index is 13.4. The van der Waals surface area contributed by atoms with Gasteiger partial charge in [-0.25, -0.2) is 0 Å². The zero-order valence-electron chi connectivity index (χ0n) is 11.5. The SMILES string of the molecule is Cc1ccc([C@H](N2CCNCC2)C(F)(F)F)cc1[N+](=O)[O-]. The highest BCUT2D eigenvalue weighted by atomic mass is 19.4. The second-order valence-electron chi connectivity index (χ2n) is 5.03. The van der Waals surface area contributed by atoms with E-state index in [1.165, 1.54) is 24.0 Å². The molecule has 1 N–H and O–H groups in total. The molecule has 1 aliphatic heterocycles. The number of benzene rings is 1. The highest BCUT2D eigenvalue weighted by Crippen LogP contribution is 2.39. The van der Waals surface area contributed by atoms with Crippen molar-refractivity contribution in [2.45, 2.75) is 19.1 Å². The van der Waals surface area contributed by atoms with Crippen molar-refractivity contribution in [3.05, 3.63) is 39.4 Å². The number of hydrogen-bond donors (Lipinski definition) is 1. The Morgan fingerprint density at radius 3 is 2.48 bits per heavy atom. The molecule has 5 nitrogen and oxygen atoms in total. The minimum Gasteiger partial charge on any atom is -0.314 e. The molecular formula is C13H16F3N3O2.